The number of nitrogens with zero attached hydrogens (tertiary/aromatic N) is 1. The Morgan fingerprint density at radius 1 is 1.11 bits per heavy atom. The maximum Gasteiger partial charge on any atom is 0.321 e. The Balaban J connectivity index is 3.02. The number of esters is 1. The highest BCUT2D eigenvalue weighted by Gasteiger charge is 2.27. The predicted molar refractivity (Wildman–Crippen MR) is 105 cm³/mol. The van der Waals surface area contributed by atoms with Gasteiger partial charge in [-0.25, -0.2) is 8.42 Å². The lowest BCUT2D eigenvalue weighted by Gasteiger charge is -2.25. The maximum atomic E-state index is 12.7. The summed E-state index contributed by atoms with van der Waals surface area (Å²) in [6, 6.07) is 6.69. The van der Waals surface area contributed by atoms with Gasteiger partial charge >= 0.3 is 5.97 Å². The molecule has 0 N–H and O–H groups in total. The first-order chi connectivity index (χ1) is 12.8. The third-order valence-electron chi connectivity index (χ3n) is 3.33. The van der Waals surface area contributed by atoms with Crippen LogP contribution in [-0.4, -0.2) is 57.9 Å². The molecule has 0 fully saturated rings. The summed E-state index contributed by atoms with van der Waals surface area (Å²) in [5.74, 6) is -0.646. The van der Waals surface area contributed by atoms with E-state index in [2.05, 4.69) is 0 Å². The van der Waals surface area contributed by atoms with Crippen molar-refractivity contribution in [2.24, 2.45) is 0 Å². The SMILES string of the molecule is CCOC(=O)CN(CC(OCC)OCC)S(=O)(=O)C=Cc1ccc(Cl)cc1. The van der Waals surface area contributed by atoms with Gasteiger partial charge in [-0.3, -0.25) is 4.79 Å². The highest BCUT2D eigenvalue weighted by Crippen LogP contribution is 2.14. The van der Waals surface area contributed by atoms with E-state index in [0.717, 1.165) is 9.71 Å². The van der Waals surface area contributed by atoms with Crippen molar-refractivity contribution in [3.05, 3.63) is 40.3 Å². The second-order valence-electron chi connectivity index (χ2n) is 5.34. The number of hydrogen-bond donors (Lipinski definition) is 0. The number of carbonyl (C=O) groups is 1. The monoisotopic (exact) mass is 419 g/mol. The van der Waals surface area contributed by atoms with Crippen LogP contribution in [-0.2, 0) is 29.0 Å². The lowest BCUT2D eigenvalue weighted by molar-refractivity contribution is -0.150. The number of carbonyl (C=O) groups excluding carboxylic acids is 1. The van der Waals surface area contributed by atoms with Gasteiger partial charge in [-0.05, 0) is 44.5 Å². The van der Waals surface area contributed by atoms with Gasteiger partial charge in [0.05, 0.1) is 13.2 Å². The van der Waals surface area contributed by atoms with Crippen LogP contribution in [0.4, 0.5) is 0 Å². The van der Waals surface area contributed by atoms with Crippen LogP contribution in [0, 0.1) is 0 Å². The van der Waals surface area contributed by atoms with E-state index in [0.29, 0.717) is 23.8 Å². The fourth-order valence-corrected chi connectivity index (χ4v) is 3.37. The largest absolute Gasteiger partial charge is 0.465 e. The molecule has 0 radical (unpaired) electrons. The van der Waals surface area contributed by atoms with Crippen molar-refractivity contribution >= 4 is 33.7 Å². The summed E-state index contributed by atoms with van der Waals surface area (Å²) in [5, 5.41) is 1.58. The van der Waals surface area contributed by atoms with E-state index in [-0.39, 0.29) is 13.2 Å². The molecule has 9 heteroatoms. The van der Waals surface area contributed by atoms with Crippen LogP contribution < -0.4 is 0 Å². The Hall–Kier alpha value is -1.45. The molecular formula is C18H26ClNO6S. The van der Waals surface area contributed by atoms with E-state index >= 15 is 0 Å². The quantitative estimate of drug-likeness (QED) is 0.382. The molecule has 0 amide bonds. The summed E-state index contributed by atoms with van der Waals surface area (Å²) in [7, 11) is -3.92. The van der Waals surface area contributed by atoms with Gasteiger partial charge in [-0.2, -0.15) is 4.31 Å². The fourth-order valence-electron chi connectivity index (χ4n) is 2.13. The second-order valence-corrected chi connectivity index (χ2v) is 7.59. The summed E-state index contributed by atoms with van der Waals surface area (Å²) in [4.78, 5) is 11.9. The lowest BCUT2D eigenvalue weighted by Crippen LogP contribution is -2.42. The van der Waals surface area contributed by atoms with Crippen molar-refractivity contribution in [2.75, 3.05) is 32.9 Å². The highest BCUT2D eigenvalue weighted by molar-refractivity contribution is 7.92. The molecule has 0 atom stereocenters. The van der Waals surface area contributed by atoms with Gasteiger partial charge in [-0.1, -0.05) is 23.7 Å². The Labute approximate surface area is 165 Å². The van der Waals surface area contributed by atoms with E-state index in [1.807, 2.05) is 0 Å². The number of rotatable bonds is 12. The second kappa shape index (κ2) is 12.1. The van der Waals surface area contributed by atoms with Crippen LogP contribution in [0.3, 0.4) is 0 Å². The van der Waals surface area contributed by atoms with Crippen LogP contribution in [0.2, 0.25) is 5.02 Å². The molecule has 0 saturated heterocycles. The van der Waals surface area contributed by atoms with E-state index < -0.39 is 28.8 Å². The van der Waals surface area contributed by atoms with Crippen LogP contribution in [0.1, 0.15) is 26.3 Å². The molecule has 0 aliphatic rings. The average Bonchev–Trinajstić information content (AvgIpc) is 2.61. The number of hydrogen-bond acceptors (Lipinski definition) is 6. The van der Waals surface area contributed by atoms with Gasteiger partial charge < -0.3 is 14.2 Å². The molecule has 0 aromatic heterocycles. The summed E-state index contributed by atoms with van der Waals surface area (Å²) in [6.45, 7) is 5.49. The van der Waals surface area contributed by atoms with E-state index in [1.54, 1.807) is 45.0 Å². The predicted octanol–water partition coefficient (Wildman–Crippen LogP) is 2.90. The number of sulfonamides is 1. The zero-order valence-corrected chi connectivity index (χ0v) is 17.3. The van der Waals surface area contributed by atoms with E-state index in [4.69, 9.17) is 25.8 Å². The molecule has 0 aliphatic heterocycles. The van der Waals surface area contributed by atoms with Crippen molar-refractivity contribution < 1.29 is 27.4 Å². The number of ether oxygens (including phenoxy) is 3. The summed E-state index contributed by atoms with van der Waals surface area (Å²) >= 11 is 5.83. The third kappa shape index (κ3) is 8.85. The van der Waals surface area contributed by atoms with E-state index in [9.17, 15) is 13.2 Å². The molecule has 7 nitrogen and oxygen atoms in total. The van der Waals surface area contributed by atoms with Crippen LogP contribution in [0.5, 0.6) is 0 Å². The van der Waals surface area contributed by atoms with Gasteiger partial charge in [-0.15, -0.1) is 0 Å². The smallest absolute Gasteiger partial charge is 0.321 e. The Morgan fingerprint density at radius 3 is 2.22 bits per heavy atom. The van der Waals surface area contributed by atoms with Gasteiger partial charge in [0.2, 0.25) is 10.0 Å². The molecule has 0 aliphatic carbocycles. The minimum absolute atomic E-state index is 0.131. The molecule has 1 rings (SSSR count). The molecule has 0 bridgehead atoms. The van der Waals surface area contributed by atoms with Crippen molar-refractivity contribution in [3.63, 3.8) is 0 Å². The van der Waals surface area contributed by atoms with Crippen LogP contribution in [0.15, 0.2) is 29.7 Å². The van der Waals surface area contributed by atoms with Gasteiger partial charge in [0, 0.05) is 23.6 Å². The van der Waals surface area contributed by atoms with Gasteiger partial charge in [0.1, 0.15) is 6.54 Å². The Bertz CT molecular complexity index is 699. The van der Waals surface area contributed by atoms with Crippen LogP contribution in [0.25, 0.3) is 6.08 Å². The Kier molecular flexibility index (Phi) is 10.6. The summed E-state index contributed by atoms with van der Waals surface area (Å²) in [6.07, 6.45) is 0.647. The first-order valence-corrected chi connectivity index (χ1v) is 10.5. The standard InChI is InChI=1S/C18H26ClNO6S/c1-4-24-17(21)13-20(14-18(25-5-2)26-6-3)27(22,23)12-11-15-7-9-16(19)10-8-15/h7-12,18H,4-6,13-14H2,1-3H3. The number of benzene rings is 1. The first kappa shape index (κ1) is 23.6. The highest BCUT2D eigenvalue weighted by atomic mass is 35.5. The molecule has 27 heavy (non-hydrogen) atoms. The molecule has 1 aromatic rings. The maximum absolute atomic E-state index is 12.7. The molecule has 1 aromatic carbocycles. The minimum atomic E-state index is -3.92. The number of halogens is 1. The molecular weight excluding hydrogens is 394 g/mol. The summed E-state index contributed by atoms with van der Waals surface area (Å²) in [5.41, 5.74) is 0.658. The molecule has 0 spiro atoms. The summed E-state index contributed by atoms with van der Waals surface area (Å²) < 4.78 is 42.2. The van der Waals surface area contributed by atoms with Gasteiger partial charge in [0.15, 0.2) is 6.29 Å². The van der Waals surface area contributed by atoms with Crippen molar-refractivity contribution in [1.82, 2.24) is 4.31 Å². The zero-order chi connectivity index (χ0) is 20.3. The lowest BCUT2D eigenvalue weighted by atomic mass is 10.2. The van der Waals surface area contributed by atoms with Crippen molar-refractivity contribution in [3.8, 4) is 0 Å². The third-order valence-corrected chi connectivity index (χ3v) is 5.06. The van der Waals surface area contributed by atoms with Crippen molar-refractivity contribution in [2.45, 2.75) is 27.1 Å². The van der Waals surface area contributed by atoms with Crippen LogP contribution >= 0.6 is 11.6 Å². The minimum Gasteiger partial charge on any atom is -0.465 e. The zero-order valence-electron chi connectivity index (χ0n) is 15.8. The normalized spacial score (nSPS) is 12.2. The molecule has 0 heterocycles. The molecule has 0 unspecified atom stereocenters. The fraction of sp³-hybridized carbons (Fsp3) is 0.500. The first-order valence-electron chi connectivity index (χ1n) is 8.65. The molecule has 0 saturated carbocycles. The molecule has 152 valence electrons. The Morgan fingerprint density at radius 2 is 1.70 bits per heavy atom. The van der Waals surface area contributed by atoms with E-state index in [1.165, 1.54) is 6.08 Å². The average molecular weight is 420 g/mol. The topological polar surface area (TPSA) is 82.1 Å². The van der Waals surface area contributed by atoms with Crippen molar-refractivity contribution in [1.29, 1.82) is 0 Å². The van der Waals surface area contributed by atoms with Gasteiger partial charge in [0.25, 0.3) is 0 Å².